The lowest BCUT2D eigenvalue weighted by atomic mass is 9.81. The van der Waals surface area contributed by atoms with Crippen molar-refractivity contribution in [3.8, 4) is 0 Å². The maximum absolute atomic E-state index is 12.3. The van der Waals surface area contributed by atoms with Crippen molar-refractivity contribution in [2.75, 3.05) is 18.9 Å². The number of hydrogen-bond donors (Lipinski definition) is 4. The average Bonchev–Trinajstić information content (AvgIpc) is 3.65. The van der Waals surface area contributed by atoms with Gasteiger partial charge in [0.05, 0.1) is 31.7 Å². The Morgan fingerprint density at radius 1 is 0.885 bits per heavy atom. The predicted octanol–water partition coefficient (Wildman–Crippen LogP) is 7.17. The summed E-state index contributed by atoms with van der Waals surface area (Å²) in [6, 6.07) is 27.8. The van der Waals surface area contributed by atoms with E-state index in [9.17, 15) is 14.4 Å². The van der Waals surface area contributed by atoms with Crippen LogP contribution in [0, 0.1) is 12.8 Å². The van der Waals surface area contributed by atoms with Gasteiger partial charge in [-0.15, -0.1) is 0 Å². The lowest BCUT2D eigenvalue weighted by molar-refractivity contribution is -0.877. The number of rotatable bonds is 13. The number of hydrogen-bond acceptors (Lipinski definition) is 6. The summed E-state index contributed by atoms with van der Waals surface area (Å²) in [6.07, 6.45) is 9.93. The maximum atomic E-state index is 12.3. The van der Waals surface area contributed by atoms with E-state index in [0.717, 1.165) is 23.5 Å². The fourth-order valence-electron chi connectivity index (χ4n) is 6.93. The van der Waals surface area contributed by atoms with Crippen LogP contribution in [-0.2, 0) is 22.7 Å². The molecule has 2 atom stereocenters. The molecule has 1 amide bonds. The Balaban J connectivity index is 0.000000257. The molecular weight excluding hydrogens is 656 g/mol. The van der Waals surface area contributed by atoms with E-state index < -0.39 is 11.9 Å². The Kier molecular flexibility index (Phi) is 12.8. The summed E-state index contributed by atoms with van der Waals surface area (Å²) in [7, 11) is 1.90. The summed E-state index contributed by atoms with van der Waals surface area (Å²) in [5.41, 5.74) is 6.97. The molecule has 0 saturated heterocycles. The number of aryl methyl sites for hydroxylation is 1. The first-order valence-electron chi connectivity index (χ1n) is 17.9. The first-order valence-corrected chi connectivity index (χ1v) is 17.9. The topological polar surface area (TPSA) is 146 Å². The van der Waals surface area contributed by atoms with Gasteiger partial charge < -0.3 is 20.8 Å². The largest absolute Gasteiger partial charge is 0.481 e. The highest BCUT2D eigenvalue weighted by atomic mass is 16.4. The monoisotopic (exact) mass is 705 g/mol. The van der Waals surface area contributed by atoms with Crippen LogP contribution in [0.4, 0.5) is 5.69 Å². The van der Waals surface area contributed by atoms with Crippen molar-refractivity contribution in [1.82, 2.24) is 15.1 Å². The molecule has 3 aromatic carbocycles. The fourth-order valence-corrected chi connectivity index (χ4v) is 6.93. The van der Waals surface area contributed by atoms with Crippen LogP contribution in [0.2, 0.25) is 0 Å². The van der Waals surface area contributed by atoms with E-state index in [-0.39, 0.29) is 29.5 Å². The minimum absolute atomic E-state index is 0.0915. The molecule has 6 rings (SSSR count). The minimum atomic E-state index is -0.930. The molecular formula is C41H49N6O5+. The highest BCUT2D eigenvalue weighted by Crippen LogP contribution is 2.38. The van der Waals surface area contributed by atoms with Gasteiger partial charge in [0.2, 0.25) is 0 Å². The maximum Gasteiger partial charge on any atom is 0.343 e. The van der Waals surface area contributed by atoms with Gasteiger partial charge in [-0.3, -0.25) is 14.3 Å². The van der Waals surface area contributed by atoms with E-state index >= 15 is 0 Å². The van der Waals surface area contributed by atoms with Gasteiger partial charge in [-0.2, -0.15) is 9.69 Å². The number of quaternary nitrogens is 1. The average molecular weight is 706 g/mol. The van der Waals surface area contributed by atoms with Crippen molar-refractivity contribution in [2.24, 2.45) is 11.0 Å². The Labute approximate surface area is 305 Å². The molecule has 1 aliphatic carbocycles. The summed E-state index contributed by atoms with van der Waals surface area (Å²) < 4.78 is 2.29. The molecule has 52 heavy (non-hydrogen) atoms. The van der Waals surface area contributed by atoms with E-state index in [1.54, 1.807) is 25.3 Å². The highest BCUT2D eigenvalue weighted by molar-refractivity contribution is 6.18. The molecule has 11 nitrogen and oxygen atoms in total. The molecule has 0 bridgehead atoms. The molecule has 1 aliphatic heterocycles. The van der Waals surface area contributed by atoms with Gasteiger partial charge in [0.15, 0.2) is 0 Å². The number of nitrogens with zero attached hydrogens (tertiary/aromatic N) is 4. The van der Waals surface area contributed by atoms with Crippen LogP contribution in [0.5, 0.6) is 0 Å². The van der Waals surface area contributed by atoms with Crippen molar-refractivity contribution in [3.05, 3.63) is 131 Å². The van der Waals surface area contributed by atoms with Crippen LogP contribution in [0.3, 0.4) is 0 Å². The van der Waals surface area contributed by atoms with Crippen molar-refractivity contribution >= 4 is 29.2 Å². The lowest BCUT2D eigenvalue weighted by Gasteiger charge is -2.31. The SMILES string of the molecule is CC1=N[N+](C)(Cc2ccccc2)C=C1C(=O)O.Cc1nn(Cc2ccccc2)cc1C(Nc1ccc(C(=O)NCCC(=O)O)cc1)C1CCCCC1. The molecule has 4 N–H and O–H groups in total. The summed E-state index contributed by atoms with van der Waals surface area (Å²) in [6.45, 7) is 5.33. The Morgan fingerprint density at radius 2 is 1.52 bits per heavy atom. The first kappa shape index (κ1) is 37.7. The van der Waals surface area contributed by atoms with Crippen molar-refractivity contribution in [2.45, 2.75) is 71.5 Å². The summed E-state index contributed by atoms with van der Waals surface area (Å²) in [5, 5.41) is 33.4. The predicted molar refractivity (Wildman–Crippen MR) is 202 cm³/mol. The molecule has 2 unspecified atom stereocenters. The fraction of sp³-hybridized carbons (Fsp3) is 0.341. The van der Waals surface area contributed by atoms with Crippen molar-refractivity contribution in [1.29, 1.82) is 0 Å². The zero-order valence-corrected chi connectivity index (χ0v) is 30.2. The zero-order valence-electron chi connectivity index (χ0n) is 30.2. The number of carboxylic acid groups (broad SMARTS) is 2. The molecule has 2 aliphatic rings. The second-order valence-corrected chi connectivity index (χ2v) is 13.7. The molecule has 11 heteroatoms. The Hall–Kier alpha value is -5.55. The van der Waals surface area contributed by atoms with Gasteiger partial charge in [-0.05, 0) is 62.4 Å². The van der Waals surface area contributed by atoms with Crippen LogP contribution in [-0.4, -0.2) is 61.7 Å². The molecule has 1 saturated carbocycles. The third-order valence-electron chi connectivity index (χ3n) is 9.47. The van der Waals surface area contributed by atoms with Crippen LogP contribution < -0.4 is 10.6 Å². The number of aromatic nitrogens is 2. The standard InChI is InChI=1S/C28H34N4O3.C13H14N2O2/c1-20-25(19-32(31-20)18-21-8-4-2-5-9-21)27(22-10-6-3-7-11-22)30-24-14-12-23(13-15-24)28(35)29-17-16-26(33)34;1-10-12(13(16)17)9-15(2,14-10)8-11-6-4-3-5-7-11/h2,4-5,8-9,12-15,19,22,27,30H,3,6-7,10-11,16-18H2,1H3,(H,29,35)(H,33,34);3-7,9H,8H2,1-2H3/p+1. The van der Waals surface area contributed by atoms with Crippen LogP contribution in [0.15, 0.2) is 108 Å². The van der Waals surface area contributed by atoms with E-state index in [2.05, 4.69) is 53.1 Å². The summed E-state index contributed by atoms with van der Waals surface area (Å²) in [4.78, 5) is 33.9. The normalized spacial score (nSPS) is 17.6. The van der Waals surface area contributed by atoms with Crippen molar-refractivity contribution in [3.63, 3.8) is 0 Å². The molecule has 0 spiro atoms. The number of amides is 1. The van der Waals surface area contributed by atoms with E-state index in [4.69, 9.17) is 15.3 Å². The molecule has 4 aromatic rings. The smallest absolute Gasteiger partial charge is 0.343 e. The van der Waals surface area contributed by atoms with Gasteiger partial charge in [0.1, 0.15) is 24.0 Å². The third-order valence-corrected chi connectivity index (χ3v) is 9.47. The van der Waals surface area contributed by atoms with Gasteiger partial charge in [0, 0.05) is 35.1 Å². The van der Waals surface area contributed by atoms with Crippen molar-refractivity contribution < 1.29 is 29.2 Å². The summed E-state index contributed by atoms with van der Waals surface area (Å²) in [5.74, 6) is -1.59. The molecule has 2 heterocycles. The number of anilines is 1. The molecule has 1 aromatic heterocycles. The molecule has 0 radical (unpaired) electrons. The quantitative estimate of drug-likeness (QED) is 0.108. The number of carbonyl (C=O) groups is 3. The minimum Gasteiger partial charge on any atom is -0.481 e. The number of nitrogens with one attached hydrogen (secondary N) is 2. The Bertz CT molecular complexity index is 1880. The number of benzene rings is 3. The van der Waals surface area contributed by atoms with Gasteiger partial charge in [0.25, 0.3) is 5.91 Å². The van der Waals surface area contributed by atoms with Gasteiger partial charge in [-0.1, -0.05) is 85.0 Å². The second kappa shape index (κ2) is 17.6. The van der Waals surface area contributed by atoms with Gasteiger partial charge >= 0.3 is 11.9 Å². The number of carbonyl (C=O) groups excluding carboxylic acids is 1. The van der Waals surface area contributed by atoms with Crippen LogP contribution in [0.25, 0.3) is 0 Å². The number of carboxylic acids is 2. The van der Waals surface area contributed by atoms with Crippen LogP contribution >= 0.6 is 0 Å². The summed E-state index contributed by atoms with van der Waals surface area (Å²) >= 11 is 0. The lowest BCUT2D eigenvalue weighted by Crippen LogP contribution is -2.29. The van der Waals surface area contributed by atoms with E-state index in [1.165, 1.54) is 43.2 Å². The van der Waals surface area contributed by atoms with Crippen LogP contribution in [0.1, 0.15) is 84.2 Å². The van der Waals surface area contributed by atoms with E-state index in [0.29, 0.717) is 29.3 Å². The zero-order chi connectivity index (χ0) is 37.1. The molecule has 1 fully saturated rings. The molecule has 272 valence electrons. The van der Waals surface area contributed by atoms with E-state index in [1.807, 2.05) is 60.3 Å². The third kappa shape index (κ3) is 10.5. The highest BCUT2D eigenvalue weighted by Gasteiger charge is 2.32. The number of aliphatic carboxylic acids is 2. The Morgan fingerprint density at radius 3 is 2.12 bits per heavy atom. The van der Waals surface area contributed by atoms with Gasteiger partial charge in [-0.25, -0.2) is 4.79 Å². The second-order valence-electron chi connectivity index (χ2n) is 13.7. The first-order chi connectivity index (χ1) is 25.0.